The fraction of sp³-hybridized carbons (Fsp3) is 0.333. The van der Waals surface area contributed by atoms with Crippen molar-refractivity contribution in [2.75, 3.05) is 0 Å². The Hall–Kier alpha value is -2.36. The Bertz CT molecular complexity index is 701. The lowest BCUT2D eigenvalue weighted by Gasteiger charge is -2.22. The summed E-state index contributed by atoms with van der Waals surface area (Å²) in [5.74, 6) is -0.100. The summed E-state index contributed by atoms with van der Waals surface area (Å²) in [7, 11) is 0. The molecule has 114 valence electrons. The van der Waals surface area contributed by atoms with Crippen LogP contribution in [0.3, 0.4) is 0 Å². The molecule has 1 aromatic carbocycles. The van der Waals surface area contributed by atoms with Crippen LogP contribution in [-0.2, 0) is 0 Å². The molecule has 3 rings (SSSR count). The lowest BCUT2D eigenvalue weighted by atomic mass is 9.95. The summed E-state index contributed by atoms with van der Waals surface area (Å²) < 4.78 is 1.51. The van der Waals surface area contributed by atoms with E-state index in [4.69, 9.17) is 0 Å². The first kappa shape index (κ1) is 14.6. The van der Waals surface area contributed by atoms with Crippen molar-refractivity contribution in [1.29, 1.82) is 0 Å². The predicted octanol–water partition coefficient (Wildman–Crippen LogP) is 2.90. The van der Waals surface area contributed by atoms with E-state index in [2.05, 4.69) is 5.32 Å². The summed E-state index contributed by atoms with van der Waals surface area (Å²) in [5.41, 5.74) is 1.15. The average molecular weight is 296 g/mol. The second-order valence-electron chi connectivity index (χ2n) is 5.77. The monoisotopic (exact) mass is 296 g/mol. The third kappa shape index (κ3) is 3.27. The Labute approximate surface area is 129 Å². The van der Waals surface area contributed by atoms with E-state index in [0.717, 1.165) is 18.5 Å². The average Bonchev–Trinajstić information content (AvgIpc) is 2.57. The fourth-order valence-electron chi connectivity index (χ4n) is 2.93. The van der Waals surface area contributed by atoms with Crippen molar-refractivity contribution < 1.29 is 4.79 Å². The van der Waals surface area contributed by atoms with Gasteiger partial charge in [0.05, 0.1) is 5.56 Å². The fourth-order valence-corrected chi connectivity index (χ4v) is 2.93. The molecule has 2 aromatic rings. The Balaban J connectivity index is 1.82. The van der Waals surface area contributed by atoms with Crippen molar-refractivity contribution in [3.8, 4) is 5.69 Å². The number of benzene rings is 1. The van der Waals surface area contributed by atoms with Gasteiger partial charge in [-0.2, -0.15) is 0 Å². The lowest BCUT2D eigenvalue weighted by Crippen LogP contribution is -2.36. The normalized spacial score (nSPS) is 15.5. The van der Waals surface area contributed by atoms with Gasteiger partial charge in [0.2, 0.25) is 0 Å². The van der Waals surface area contributed by atoms with Gasteiger partial charge in [-0.15, -0.1) is 0 Å². The molecular weight excluding hydrogens is 276 g/mol. The van der Waals surface area contributed by atoms with Gasteiger partial charge in [0.15, 0.2) is 0 Å². The van der Waals surface area contributed by atoms with Crippen molar-refractivity contribution >= 4 is 5.91 Å². The van der Waals surface area contributed by atoms with Crippen LogP contribution in [0.2, 0.25) is 0 Å². The van der Waals surface area contributed by atoms with Crippen LogP contribution < -0.4 is 10.9 Å². The van der Waals surface area contributed by atoms with Gasteiger partial charge in [0, 0.05) is 24.0 Å². The largest absolute Gasteiger partial charge is 0.349 e. The number of pyridine rings is 1. The van der Waals surface area contributed by atoms with Crippen LogP contribution in [0, 0.1) is 0 Å². The molecule has 4 heteroatoms. The van der Waals surface area contributed by atoms with Crippen LogP contribution in [0.1, 0.15) is 42.5 Å². The zero-order valence-electron chi connectivity index (χ0n) is 12.5. The van der Waals surface area contributed by atoms with Gasteiger partial charge in [-0.3, -0.25) is 14.2 Å². The SMILES string of the molecule is O=C(NC1CCCCC1)c1ccc(=O)n(-c2ccccc2)c1. The maximum Gasteiger partial charge on any atom is 0.255 e. The van der Waals surface area contributed by atoms with Gasteiger partial charge < -0.3 is 5.32 Å². The zero-order chi connectivity index (χ0) is 15.4. The van der Waals surface area contributed by atoms with E-state index >= 15 is 0 Å². The third-order valence-corrected chi connectivity index (χ3v) is 4.15. The van der Waals surface area contributed by atoms with Gasteiger partial charge in [0.1, 0.15) is 0 Å². The molecule has 0 unspecified atom stereocenters. The highest BCUT2D eigenvalue weighted by molar-refractivity contribution is 5.94. The van der Waals surface area contributed by atoms with Crippen molar-refractivity contribution in [1.82, 2.24) is 9.88 Å². The van der Waals surface area contributed by atoms with Crippen molar-refractivity contribution in [3.05, 3.63) is 64.6 Å². The molecule has 0 atom stereocenters. The number of nitrogens with one attached hydrogen (secondary N) is 1. The van der Waals surface area contributed by atoms with Crippen LogP contribution in [0.5, 0.6) is 0 Å². The maximum absolute atomic E-state index is 12.4. The molecule has 1 N–H and O–H groups in total. The molecule has 22 heavy (non-hydrogen) atoms. The Morgan fingerprint density at radius 3 is 2.45 bits per heavy atom. The number of hydrogen-bond acceptors (Lipinski definition) is 2. The molecular formula is C18H20N2O2. The van der Waals surface area contributed by atoms with E-state index in [1.165, 1.54) is 29.9 Å². The Morgan fingerprint density at radius 1 is 1.00 bits per heavy atom. The Morgan fingerprint density at radius 2 is 1.73 bits per heavy atom. The molecule has 1 saturated carbocycles. The van der Waals surface area contributed by atoms with Crippen molar-refractivity contribution in [2.24, 2.45) is 0 Å². The molecule has 0 saturated heterocycles. The number of rotatable bonds is 3. The molecule has 1 aliphatic carbocycles. The summed E-state index contributed by atoms with van der Waals surface area (Å²) >= 11 is 0. The van der Waals surface area contributed by atoms with Crippen LogP contribution in [-0.4, -0.2) is 16.5 Å². The first-order valence-electron chi connectivity index (χ1n) is 7.83. The van der Waals surface area contributed by atoms with Crippen molar-refractivity contribution in [3.63, 3.8) is 0 Å². The zero-order valence-corrected chi connectivity index (χ0v) is 12.5. The van der Waals surface area contributed by atoms with Gasteiger partial charge >= 0.3 is 0 Å². The standard InChI is InChI=1S/C18H20N2O2/c21-17-12-11-14(13-20(17)16-9-5-2-6-10-16)18(22)19-15-7-3-1-4-8-15/h2,5-6,9-13,15H,1,3-4,7-8H2,(H,19,22). The number of hydrogen-bond donors (Lipinski definition) is 1. The smallest absolute Gasteiger partial charge is 0.255 e. The van der Waals surface area contributed by atoms with E-state index in [0.29, 0.717) is 5.56 Å². The van der Waals surface area contributed by atoms with E-state index in [1.807, 2.05) is 30.3 Å². The van der Waals surface area contributed by atoms with Gasteiger partial charge in [-0.05, 0) is 31.0 Å². The molecule has 1 fully saturated rings. The van der Waals surface area contributed by atoms with E-state index < -0.39 is 0 Å². The summed E-state index contributed by atoms with van der Waals surface area (Å²) in [6.45, 7) is 0. The number of para-hydroxylation sites is 1. The lowest BCUT2D eigenvalue weighted by molar-refractivity contribution is 0.0927. The summed E-state index contributed by atoms with van der Waals surface area (Å²) in [6.07, 6.45) is 7.32. The van der Waals surface area contributed by atoms with E-state index in [9.17, 15) is 9.59 Å². The highest BCUT2D eigenvalue weighted by Crippen LogP contribution is 2.17. The second kappa shape index (κ2) is 6.60. The number of carbonyl (C=O) groups is 1. The van der Waals surface area contributed by atoms with Crippen molar-refractivity contribution in [2.45, 2.75) is 38.1 Å². The van der Waals surface area contributed by atoms with Crippen LogP contribution in [0.4, 0.5) is 0 Å². The molecule has 0 spiro atoms. The minimum absolute atomic E-state index is 0.100. The molecule has 1 amide bonds. The number of carbonyl (C=O) groups excluding carboxylic acids is 1. The second-order valence-corrected chi connectivity index (χ2v) is 5.77. The first-order chi connectivity index (χ1) is 10.7. The van der Waals surface area contributed by atoms with E-state index in [1.54, 1.807) is 12.3 Å². The maximum atomic E-state index is 12.4. The summed E-state index contributed by atoms with van der Waals surface area (Å²) in [4.78, 5) is 24.4. The molecule has 4 nitrogen and oxygen atoms in total. The predicted molar refractivity (Wildman–Crippen MR) is 86.4 cm³/mol. The molecule has 1 aliphatic rings. The molecule has 0 bridgehead atoms. The molecule has 0 radical (unpaired) electrons. The number of nitrogens with zero attached hydrogens (tertiary/aromatic N) is 1. The third-order valence-electron chi connectivity index (χ3n) is 4.15. The van der Waals surface area contributed by atoms with Crippen LogP contribution in [0.25, 0.3) is 5.69 Å². The van der Waals surface area contributed by atoms with Crippen LogP contribution in [0.15, 0.2) is 53.5 Å². The molecule has 1 aromatic heterocycles. The topological polar surface area (TPSA) is 51.1 Å². The Kier molecular flexibility index (Phi) is 4.37. The van der Waals surface area contributed by atoms with Gasteiger partial charge in [0.25, 0.3) is 11.5 Å². The van der Waals surface area contributed by atoms with Gasteiger partial charge in [-0.1, -0.05) is 37.5 Å². The highest BCUT2D eigenvalue weighted by Gasteiger charge is 2.17. The molecule has 0 aliphatic heterocycles. The number of aromatic nitrogens is 1. The van der Waals surface area contributed by atoms with E-state index in [-0.39, 0.29) is 17.5 Å². The van der Waals surface area contributed by atoms with Crippen LogP contribution >= 0.6 is 0 Å². The minimum atomic E-state index is -0.139. The van der Waals surface area contributed by atoms with Gasteiger partial charge in [-0.25, -0.2) is 0 Å². The summed E-state index contributed by atoms with van der Waals surface area (Å²) in [6, 6.07) is 12.6. The number of amides is 1. The summed E-state index contributed by atoms with van der Waals surface area (Å²) in [5, 5.41) is 3.08. The first-order valence-corrected chi connectivity index (χ1v) is 7.83. The highest BCUT2D eigenvalue weighted by atomic mass is 16.2. The quantitative estimate of drug-likeness (QED) is 0.947. The minimum Gasteiger partial charge on any atom is -0.349 e. The molecule has 1 heterocycles.